The van der Waals surface area contributed by atoms with Gasteiger partial charge in [-0.2, -0.15) is 0 Å². The third-order valence-electron chi connectivity index (χ3n) is 2.79. The van der Waals surface area contributed by atoms with Gasteiger partial charge < -0.3 is 4.74 Å². The fourth-order valence-corrected chi connectivity index (χ4v) is 2.02. The van der Waals surface area contributed by atoms with E-state index in [1.165, 1.54) is 31.5 Å². The third kappa shape index (κ3) is 3.53. The molecule has 1 fully saturated rings. The minimum atomic E-state index is 1.01. The molecule has 0 N–H and O–H groups in total. The van der Waals surface area contributed by atoms with Crippen molar-refractivity contribution in [1.29, 1.82) is 0 Å². The van der Waals surface area contributed by atoms with Crippen molar-refractivity contribution in [2.75, 3.05) is 20.2 Å². The molecule has 16 heavy (non-hydrogen) atoms. The lowest BCUT2D eigenvalue weighted by atomic mass is 10.2. The van der Waals surface area contributed by atoms with E-state index in [0.717, 1.165) is 12.3 Å². The lowest BCUT2D eigenvalue weighted by Gasteiger charge is -2.16. The topological polar surface area (TPSA) is 12.5 Å². The Balaban J connectivity index is 0.000000606. The summed E-state index contributed by atoms with van der Waals surface area (Å²) in [6.45, 7) is 7.50. The summed E-state index contributed by atoms with van der Waals surface area (Å²) in [7, 11) is 1.74. The summed E-state index contributed by atoms with van der Waals surface area (Å²) in [5, 5.41) is 0. The molecule has 1 aromatic rings. The van der Waals surface area contributed by atoms with Crippen LogP contribution < -0.4 is 4.74 Å². The average Bonchev–Trinajstić information content (AvgIpc) is 2.85. The quantitative estimate of drug-likeness (QED) is 0.776. The maximum Gasteiger partial charge on any atom is 0.123 e. The summed E-state index contributed by atoms with van der Waals surface area (Å²) in [6.07, 6.45) is 2.68. The van der Waals surface area contributed by atoms with Crippen LogP contribution in [0.2, 0.25) is 0 Å². The summed E-state index contributed by atoms with van der Waals surface area (Å²) < 4.78 is 5.33. The molecule has 0 radical (unpaired) electrons. The van der Waals surface area contributed by atoms with Crippen molar-refractivity contribution in [3.8, 4) is 5.75 Å². The molecule has 1 aromatic carbocycles. The van der Waals surface area contributed by atoms with Crippen LogP contribution in [-0.2, 0) is 6.54 Å². The highest BCUT2D eigenvalue weighted by molar-refractivity contribution is 5.33. The van der Waals surface area contributed by atoms with E-state index < -0.39 is 0 Å². The van der Waals surface area contributed by atoms with Crippen LogP contribution in [0, 0.1) is 0 Å². The molecule has 0 aliphatic carbocycles. The molecule has 2 nitrogen and oxygen atoms in total. The lowest BCUT2D eigenvalue weighted by Crippen LogP contribution is -2.18. The van der Waals surface area contributed by atoms with E-state index in [9.17, 15) is 0 Å². The molecule has 2 rings (SSSR count). The van der Waals surface area contributed by atoms with E-state index >= 15 is 0 Å². The number of ether oxygens (including phenoxy) is 1. The van der Waals surface area contributed by atoms with Gasteiger partial charge in [-0.15, -0.1) is 0 Å². The highest BCUT2D eigenvalue weighted by Gasteiger charge is 2.13. The second-order valence-electron chi connectivity index (χ2n) is 3.80. The van der Waals surface area contributed by atoms with E-state index in [1.807, 2.05) is 26.0 Å². The molecule has 90 valence electrons. The first kappa shape index (κ1) is 13.0. The summed E-state index contributed by atoms with van der Waals surface area (Å²) in [5.74, 6) is 1.01. The SMILES string of the molecule is CC.COc1ccccc1CN1CCCC1. The zero-order valence-corrected chi connectivity index (χ0v) is 10.7. The fraction of sp³-hybridized carbons (Fsp3) is 0.571. The minimum absolute atomic E-state index is 1.01. The third-order valence-corrected chi connectivity index (χ3v) is 2.79. The van der Waals surface area contributed by atoms with Crippen LogP contribution in [0.3, 0.4) is 0 Å². The molecule has 1 saturated heterocycles. The van der Waals surface area contributed by atoms with Crippen LogP contribution >= 0.6 is 0 Å². The smallest absolute Gasteiger partial charge is 0.123 e. The molecule has 1 heterocycles. The minimum Gasteiger partial charge on any atom is -0.496 e. The largest absolute Gasteiger partial charge is 0.496 e. The van der Waals surface area contributed by atoms with Crippen LogP contribution in [0.4, 0.5) is 0 Å². The Hall–Kier alpha value is -1.02. The Morgan fingerprint density at radius 3 is 2.38 bits per heavy atom. The van der Waals surface area contributed by atoms with Crippen LogP contribution in [0.15, 0.2) is 24.3 Å². The Kier molecular flexibility index (Phi) is 5.94. The molecule has 0 spiro atoms. The number of hydrogen-bond acceptors (Lipinski definition) is 2. The Morgan fingerprint density at radius 2 is 1.75 bits per heavy atom. The molecular formula is C14H23NO. The monoisotopic (exact) mass is 221 g/mol. The second kappa shape index (κ2) is 7.29. The van der Waals surface area contributed by atoms with Crippen molar-refractivity contribution >= 4 is 0 Å². The van der Waals surface area contributed by atoms with Gasteiger partial charge in [-0.3, -0.25) is 4.90 Å². The Morgan fingerprint density at radius 1 is 1.12 bits per heavy atom. The van der Waals surface area contributed by atoms with E-state index in [2.05, 4.69) is 17.0 Å². The molecule has 2 heteroatoms. The number of para-hydroxylation sites is 1. The van der Waals surface area contributed by atoms with Gasteiger partial charge in [0.15, 0.2) is 0 Å². The normalized spacial score (nSPS) is 15.4. The van der Waals surface area contributed by atoms with E-state index in [1.54, 1.807) is 7.11 Å². The van der Waals surface area contributed by atoms with Gasteiger partial charge in [0, 0.05) is 12.1 Å². The first-order valence-electron chi connectivity index (χ1n) is 6.24. The standard InChI is InChI=1S/C12H17NO.C2H6/c1-14-12-7-3-2-6-11(12)10-13-8-4-5-9-13;1-2/h2-3,6-7H,4-5,8-10H2,1H3;1-2H3. The number of likely N-dealkylation sites (tertiary alicyclic amines) is 1. The van der Waals surface area contributed by atoms with E-state index in [-0.39, 0.29) is 0 Å². The summed E-state index contributed by atoms with van der Waals surface area (Å²) in [6, 6.07) is 8.28. The summed E-state index contributed by atoms with van der Waals surface area (Å²) >= 11 is 0. The van der Waals surface area contributed by atoms with Crippen molar-refractivity contribution in [3.05, 3.63) is 29.8 Å². The van der Waals surface area contributed by atoms with Gasteiger partial charge in [0.25, 0.3) is 0 Å². The van der Waals surface area contributed by atoms with Crippen molar-refractivity contribution in [3.63, 3.8) is 0 Å². The number of rotatable bonds is 3. The number of benzene rings is 1. The predicted octanol–water partition coefficient (Wildman–Crippen LogP) is 3.32. The molecule has 0 saturated carbocycles. The van der Waals surface area contributed by atoms with Gasteiger partial charge in [0.05, 0.1) is 7.11 Å². The first-order chi connectivity index (χ1) is 7.90. The van der Waals surface area contributed by atoms with Crippen LogP contribution in [0.5, 0.6) is 5.75 Å². The zero-order chi connectivity index (χ0) is 11.8. The van der Waals surface area contributed by atoms with Gasteiger partial charge >= 0.3 is 0 Å². The lowest BCUT2D eigenvalue weighted by molar-refractivity contribution is 0.321. The number of hydrogen-bond donors (Lipinski definition) is 0. The number of methoxy groups -OCH3 is 1. The maximum atomic E-state index is 5.33. The molecule has 1 aliphatic rings. The molecule has 0 aromatic heterocycles. The fourth-order valence-electron chi connectivity index (χ4n) is 2.02. The highest BCUT2D eigenvalue weighted by atomic mass is 16.5. The van der Waals surface area contributed by atoms with Gasteiger partial charge in [-0.1, -0.05) is 32.0 Å². The molecule has 0 bridgehead atoms. The van der Waals surface area contributed by atoms with Gasteiger partial charge in [0.1, 0.15) is 5.75 Å². The maximum absolute atomic E-state index is 5.33. The first-order valence-corrected chi connectivity index (χ1v) is 6.24. The van der Waals surface area contributed by atoms with E-state index in [4.69, 9.17) is 4.74 Å². The predicted molar refractivity (Wildman–Crippen MR) is 68.9 cm³/mol. The molecule has 1 aliphatic heterocycles. The summed E-state index contributed by atoms with van der Waals surface area (Å²) in [4.78, 5) is 2.48. The van der Waals surface area contributed by atoms with Crippen LogP contribution in [-0.4, -0.2) is 25.1 Å². The second-order valence-corrected chi connectivity index (χ2v) is 3.80. The van der Waals surface area contributed by atoms with Gasteiger partial charge in [-0.05, 0) is 32.0 Å². The zero-order valence-electron chi connectivity index (χ0n) is 10.7. The van der Waals surface area contributed by atoms with Gasteiger partial charge in [0.2, 0.25) is 0 Å². The molecule has 0 unspecified atom stereocenters. The van der Waals surface area contributed by atoms with Crippen molar-refractivity contribution in [1.82, 2.24) is 4.90 Å². The van der Waals surface area contributed by atoms with Crippen molar-refractivity contribution in [2.45, 2.75) is 33.2 Å². The van der Waals surface area contributed by atoms with Gasteiger partial charge in [-0.25, -0.2) is 0 Å². The average molecular weight is 221 g/mol. The Labute approximate surface area is 99.2 Å². The summed E-state index contributed by atoms with van der Waals surface area (Å²) in [5.41, 5.74) is 1.30. The van der Waals surface area contributed by atoms with Crippen LogP contribution in [0.1, 0.15) is 32.3 Å². The van der Waals surface area contributed by atoms with Crippen molar-refractivity contribution in [2.24, 2.45) is 0 Å². The Bertz CT molecular complexity index is 293. The van der Waals surface area contributed by atoms with Crippen LogP contribution in [0.25, 0.3) is 0 Å². The van der Waals surface area contributed by atoms with Crippen molar-refractivity contribution < 1.29 is 4.74 Å². The number of nitrogens with zero attached hydrogens (tertiary/aromatic N) is 1. The molecule has 0 amide bonds. The highest BCUT2D eigenvalue weighted by Crippen LogP contribution is 2.21. The van der Waals surface area contributed by atoms with E-state index in [0.29, 0.717) is 0 Å². The molecule has 0 atom stereocenters. The molecular weight excluding hydrogens is 198 g/mol.